The molecule has 8 heteroatoms. The number of hydrogen-bond donors (Lipinski definition) is 2. The average Bonchev–Trinajstić information content (AvgIpc) is 3.12. The number of nitrogens with one attached hydrogen (secondary N) is 2. The van der Waals surface area contributed by atoms with E-state index in [2.05, 4.69) is 15.8 Å². The molecule has 6 nitrogen and oxygen atoms in total. The van der Waals surface area contributed by atoms with Gasteiger partial charge >= 0.3 is 0 Å². The number of nitrogens with zero attached hydrogens (tertiary/aromatic N) is 1. The molecule has 32 heavy (non-hydrogen) atoms. The van der Waals surface area contributed by atoms with Gasteiger partial charge in [0, 0.05) is 28.3 Å². The van der Waals surface area contributed by atoms with Gasteiger partial charge < -0.3 is 9.73 Å². The zero-order valence-electron chi connectivity index (χ0n) is 17.6. The Balaban J connectivity index is 1.57. The third-order valence-corrected chi connectivity index (χ3v) is 6.11. The number of hydrogen-bond acceptors (Lipinski definition) is 4. The summed E-state index contributed by atoms with van der Waals surface area (Å²) in [6.45, 7) is 3.71. The summed E-state index contributed by atoms with van der Waals surface area (Å²) in [6, 6.07) is 12.1. The first-order chi connectivity index (χ1) is 15.3. The van der Waals surface area contributed by atoms with Gasteiger partial charge in [-0.2, -0.15) is 5.10 Å². The maximum Gasteiger partial charge on any atom is 0.291 e. The minimum atomic E-state index is -0.398. The molecule has 2 amide bonds. The highest BCUT2D eigenvalue weighted by Crippen LogP contribution is 2.31. The summed E-state index contributed by atoms with van der Waals surface area (Å²) in [5, 5.41) is 8.08. The third kappa shape index (κ3) is 4.42. The summed E-state index contributed by atoms with van der Waals surface area (Å²) < 4.78 is 5.91. The van der Waals surface area contributed by atoms with Crippen molar-refractivity contribution < 1.29 is 14.0 Å². The number of furan rings is 1. The topological polar surface area (TPSA) is 83.7 Å². The lowest BCUT2D eigenvalue weighted by atomic mass is 9.93. The highest BCUT2D eigenvalue weighted by molar-refractivity contribution is 6.33. The first-order valence-corrected chi connectivity index (χ1v) is 10.9. The van der Waals surface area contributed by atoms with Crippen molar-refractivity contribution in [1.29, 1.82) is 0 Å². The number of halogens is 2. The normalized spacial score (nSPS) is 14.2. The number of carbonyl (C=O) groups excluding carboxylic acids is 2. The molecule has 0 saturated heterocycles. The van der Waals surface area contributed by atoms with Gasteiger partial charge in [0.05, 0.1) is 16.3 Å². The number of rotatable bonds is 4. The highest BCUT2D eigenvalue weighted by Gasteiger charge is 2.28. The lowest BCUT2D eigenvalue weighted by Crippen LogP contribution is -2.22. The standard InChI is InChI=1S/C24H21Cl2N3O3/c1-13-10-11-15(12-18(13)26)27-24(31)22-14(2)21-19(8-5-9-20(21)32-22)28-29-23(30)16-6-3-4-7-17(16)25/h3-4,6-7,10-12H,5,8-9H2,1-2H3,(H,27,31)(H,29,30)/b28-19+. The zero-order valence-corrected chi connectivity index (χ0v) is 19.1. The van der Waals surface area contributed by atoms with E-state index in [1.165, 1.54) is 0 Å². The lowest BCUT2D eigenvalue weighted by molar-refractivity contribution is 0.0953. The van der Waals surface area contributed by atoms with Gasteiger partial charge in [0.25, 0.3) is 11.8 Å². The summed E-state index contributed by atoms with van der Waals surface area (Å²) in [5.41, 5.74) is 6.55. The largest absolute Gasteiger partial charge is 0.455 e. The second-order valence-electron chi connectivity index (χ2n) is 7.61. The van der Waals surface area contributed by atoms with Gasteiger partial charge in [-0.25, -0.2) is 5.43 Å². The van der Waals surface area contributed by atoms with Crippen LogP contribution in [0, 0.1) is 13.8 Å². The van der Waals surface area contributed by atoms with Crippen LogP contribution in [0.25, 0.3) is 0 Å². The minimum absolute atomic E-state index is 0.221. The fraction of sp³-hybridized carbons (Fsp3) is 0.208. The summed E-state index contributed by atoms with van der Waals surface area (Å²) in [7, 11) is 0. The molecular weight excluding hydrogens is 449 g/mol. The SMILES string of the molecule is Cc1ccc(NC(=O)c2oc3c(c2C)/C(=N/NC(=O)c2ccccc2Cl)CCC3)cc1Cl. The van der Waals surface area contributed by atoms with E-state index in [-0.39, 0.29) is 11.7 Å². The lowest BCUT2D eigenvalue weighted by Gasteiger charge is -2.13. The van der Waals surface area contributed by atoms with Crippen LogP contribution >= 0.6 is 23.2 Å². The van der Waals surface area contributed by atoms with E-state index in [9.17, 15) is 9.59 Å². The molecule has 2 aromatic carbocycles. The minimum Gasteiger partial charge on any atom is -0.455 e. The van der Waals surface area contributed by atoms with Crippen molar-refractivity contribution in [2.75, 3.05) is 5.32 Å². The smallest absolute Gasteiger partial charge is 0.291 e. The van der Waals surface area contributed by atoms with Gasteiger partial charge in [0.1, 0.15) is 5.76 Å². The molecule has 2 N–H and O–H groups in total. The second-order valence-corrected chi connectivity index (χ2v) is 8.42. The molecule has 1 heterocycles. The van der Waals surface area contributed by atoms with Gasteiger partial charge in [-0.15, -0.1) is 0 Å². The fourth-order valence-electron chi connectivity index (χ4n) is 3.68. The Bertz CT molecular complexity index is 1250. The zero-order chi connectivity index (χ0) is 22.8. The molecule has 0 radical (unpaired) electrons. The molecule has 1 aliphatic rings. The molecule has 0 unspecified atom stereocenters. The van der Waals surface area contributed by atoms with Crippen LogP contribution in [0.5, 0.6) is 0 Å². The Morgan fingerprint density at radius 1 is 1.00 bits per heavy atom. The van der Waals surface area contributed by atoms with Gasteiger partial charge in [0.2, 0.25) is 0 Å². The molecule has 0 fully saturated rings. The van der Waals surface area contributed by atoms with Crippen LogP contribution in [0.15, 0.2) is 52.0 Å². The summed E-state index contributed by atoms with van der Waals surface area (Å²) >= 11 is 12.3. The second kappa shape index (κ2) is 9.18. The van der Waals surface area contributed by atoms with E-state index in [1.54, 1.807) is 36.4 Å². The Morgan fingerprint density at radius 2 is 1.78 bits per heavy atom. The van der Waals surface area contributed by atoms with Crippen molar-refractivity contribution in [2.45, 2.75) is 33.1 Å². The molecule has 0 bridgehead atoms. The van der Waals surface area contributed by atoms with Crippen LogP contribution in [-0.2, 0) is 6.42 Å². The van der Waals surface area contributed by atoms with Crippen LogP contribution in [0.4, 0.5) is 5.69 Å². The third-order valence-electron chi connectivity index (χ3n) is 5.37. The van der Waals surface area contributed by atoms with Crippen molar-refractivity contribution >= 4 is 46.4 Å². The molecule has 1 aliphatic carbocycles. The number of carbonyl (C=O) groups is 2. The Kier molecular flexibility index (Phi) is 6.35. The molecule has 0 aliphatic heterocycles. The van der Waals surface area contributed by atoms with Crippen molar-refractivity contribution in [1.82, 2.24) is 5.43 Å². The van der Waals surface area contributed by atoms with Crippen molar-refractivity contribution in [3.8, 4) is 0 Å². The monoisotopic (exact) mass is 469 g/mol. The number of aryl methyl sites for hydroxylation is 2. The van der Waals surface area contributed by atoms with Gasteiger partial charge in [-0.3, -0.25) is 9.59 Å². The predicted molar refractivity (Wildman–Crippen MR) is 126 cm³/mol. The van der Waals surface area contributed by atoms with Crippen molar-refractivity contribution in [3.63, 3.8) is 0 Å². The first-order valence-electron chi connectivity index (χ1n) is 10.2. The number of benzene rings is 2. The number of amides is 2. The van der Waals surface area contributed by atoms with Gasteiger partial charge in [0.15, 0.2) is 5.76 Å². The number of anilines is 1. The Morgan fingerprint density at radius 3 is 2.53 bits per heavy atom. The van der Waals surface area contributed by atoms with E-state index in [0.717, 1.165) is 17.5 Å². The van der Waals surface area contributed by atoms with Gasteiger partial charge in [-0.05, 0) is 56.5 Å². The summed E-state index contributed by atoms with van der Waals surface area (Å²) in [6.07, 6.45) is 2.15. The molecule has 0 spiro atoms. The molecule has 0 atom stereocenters. The van der Waals surface area contributed by atoms with Crippen LogP contribution in [-0.4, -0.2) is 17.5 Å². The number of fused-ring (bicyclic) bond motifs is 1. The number of hydrazone groups is 1. The van der Waals surface area contributed by atoms with Crippen molar-refractivity contribution in [3.05, 3.63) is 86.3 Å². The van der Waals surface area contributed by atoms with E-state index < -0.39 is 5.91 Å². The quantitative estimate of drug-likeness (QED) is 0.464. The van der Waals surface area contributed by atoms with E-state index >= 15 is 0 Å². The summed E-state index contributed by atoms with van der Waals surface area (Å²) in [5.74, 6) is 0.146. The molecule has 4 rings (SSSR count). The molecular formula is C24H21Cl2N3O3. The Hall–Kier alpha value is -3.09. The van der Waals surface area contributed by atoms with Gasteiger partial charge in [-0.1, -0.05) is 41.4 Å². The predicted octanol–water partition coefficient (Wildman–Crippen LogP) is 5.93. The van der Waals surface area contributed by atoms with Crippen LogP contribution in [0.2, 0.25) is 10.0 Å². The molecule has 164 valence electrons. The highest BCUT2D eigenvalue weighted by atomic mass is 35.5. The molecule has 1 aromatic heterocycles. The molecule has 0 saturated carbocycles. The summed E-state index contributed by atoms with van der Waals surface area (Å²) in [4.78, 5) is 25.3. The fourth-order valence-corrected chi connectivity index (χ4v) is 4.08. The maximum absolute atomic E-state index is 12.9. The van der Waals surface area contributed by atoms with E-state index in [0.29, 0.717) is 51.2 Å². The Labute approximate surface area is 195 Å². The first kappa shape index (κ1) is 22.1. The van der Waals surface area contributed by atoms with Crippen LogP contribution in [0.1, 0.15) is 56.2 Å². The maximum atomic E-state index is 12.9. The van der Waals surface area contributed by atoms with E-state index in [4.69, 9.17) is 27.6 Å². The average molecular weight is 470 g/mol. The molecule has 3 aromatic rings. The van der Waals surface area contributed by atoms with Crippen molar-refractivity contribution in [2.24, 2.45) is 5.10 Å². The van der Waals surface area contributed by atoms with Crippen LogP contribution in [0.3, 0.4) is 0 Å². The van der Waals surface area contributed by atoms with E-state index in [1.807, 2.05) is 19.9 Å². The van der Waals surface area contributed by atoms with Crippen LogP contribution < -0.4 is 10.7 Å².